The van der Waals surface area contributed by atoms with E-state index in [4.69, 9.17) is 0 Å². The molecule has 2 nitrogen and oxygen atoms in total. The van der Waals surface area contributed by atoms with E-state index >= 15 is 0 Å². The van der Waals surface area contributed by atoms with Crippen LogP contribution in [0.4, 0.5) is 0 Å². The number of nitrogens with zero attached hydrogens (tertiary/aromatic N) is 2. The van der Waals surface area contributed by atoms with Crippen molar-refractivity contribution in [1.29, 1.82) is 0 Å². The minimum absolute atomic E-state index is 1.22. The largest absolute Gasteiger partial charge is 0.256 e. The third-order valence-electron chi connectivity index (χ3n) is 6.10. The lowest BCUT2D eigenvalue weighted by atomic mass is 10.1. The van der Waals surface area contributed by atoms with Gasteiger partial charge in [-0.25, -0.2) is 9.13 Å². The van der Waals surface area contributed by atoms with Crippen LogP contribution in [0.5, 0.6) is 0 Å². The molecule has 0 spiro atoms. The van der Waals surface area contributed by atoms with Crippen LogP contribution in [0.15, 0.2) is 12.4 Å². The van der Waals surface area contributed by atoms with E-state index in [-0.39, 0.29) is 0 Å². The van der Waals surface area contributed by atoms with Crippen LogP contribution in [0, 0.1) is 0 Å². The highest BCUT2D eigenvalue weighted by Gasteiger charge is 2.16. The maximum Gasteiger partial charge on any atom is 0.256 e. The van der Waals surface area contributed by atoms with Crippen molar-refractivity contribution in [2.75, 3.05) is 0 Å². The smallest absolute Gasteiger partial charge is 0.234 e. The molecule has 0 atom stereocenters. The molecule has 0 aliphatic heterocycles. The third-order valence-corrected chi connectivity index (χ3v) is 6.10. The second-order valence-corrected chi connectivity index (χ2v) is 8.80. The zero-order valence-electron chi connectivity index (χ0n) is 19.7. The van der Waals surface area contributed by atoms with Gasteiger partial charge in [0.25, 0.3) is 5.82 Å². The second-order valence-electron chi connectivity index (χ2n) is 8.80. The molecule has 0 N–H and O–H groups in total. The Morgan fingerprint density at radius 1 is 0.607 bits per heavy atom. The maximum absolute atomic E-state index is 2.58. The predicted molar refractivity (Wildman–Crippen MR) is 124 cm³/mol. The van der Waals surface area contributed by atoms with Gasteiger partial charge in [0.15, 0.2) is 0 Å². The zero-order valence-corrected chi connectivity index (χ0v) is 19.7. The molecule has 1 rings (SSSR count). The van der Waals surface area contributed by atoms with Crippen LogP contribution in [-0.4, -0.2) is 4.57 Å². The normalized spacial score (nSPS) is 11.4. The molecule has 0 aromatic carbocycles. The van der Waals surface area contributed by atoms with E-state index in [2.05, 4.69) is 42.3 Å². The van der Waals surface area contributed by atoms with E-state index in [1.807, 2.05) is 0 Å². The monoisotopic (exact) mass is 391 g/mol. The van der Waals surface area contributed by atoms with Gasteiger partial charge in [-0.05, 0) is 32.1 Å². The quantitative estimate of drug-likeness (QED) is 0.157. The summed E-state index contributed by atoms with van der Waals surface area (Å²) in [5.74, 6) is 1.60. The maximum atomic E-state index is 2.58. The van der Waals surface area contributed by atoms with Crippen molar-refractivity contribution in [2.45, 2.75) is 149 Å². The summed E-state index contributed by atoms with van der Waals surface area (Å²) < 4.78 is 5.16. The Morgan fingerprint density at radius 2 is 1.11 bits per heavy atom. The summed E-state index contributed by atoms with van der Waals surface area (Å²) in [6.45, 7) is 9.35. The van der Waals surface area contributed by atoms with Crippen LogP contribution in [0.3, 0.4) is 0 Å². The molecule has 1 aromatic heterocycles. The fraction of sp³-hybridized carbons (Fsp3) is 0.885. The van der Waals surface area contributed by atoms with Crippen molar-refractivity contribution in [3.05, 3.63) is 18.2 Å². The first kappa shape index (κ1) is 25.2. The Morgan fingerprint density at radius 3 is 1.71 bits per heavy atom. The van der Waals surface area contributed by atoms with E-state index < -0.39 is 0 Å². The number of aryl methyl sites for hydroxylation is 2. The molecular formula is C26H51N2+. The Kier molecular flexibility index (Phi) is 16.5. The lowest BCUT2D eigenvalue weighted by Crippen LogP contribution is -2.37. The highest BCUT2D eigenvalue weighted by molar-refractivity contribution is 4.84. The van der Waals surface area contributed by atoms with Gasteiger partial charge < -0.3 is 0 Å². The summed E-state index contributed by atoms with van der Waals surface area (Å²) in [5, 5.41) is 0. The Bertz CT molecular complexity index is 449. The molecule has 0 aliphatic rings. The number of unbranched alkanes of at least 4 members (excludes halogenated alkanes) is 14. The first-order valence-corrected chi connectivity index (χ1v) is 12.9. The van der Waals surface area contributed by atoms with Gasteiger partial charge in [-0.2, -0.15) is 0 Å². The van der Waals surface area contributed by atoms with E-state index in [0.717, 1.165) is 0 Å². The van der Waals surface area contributed by atoms with Gasteiger partial charge in [0.2, 0.25) is 0 Å². The van der Waals surface area contributed by atoms with Crippen molar-refractivity contribution in [2.24, 2.45) is 0 Å². The second kappa shape index (κ2) is 18.3. The molecule has 0 bridgehead atoms. The summed E-state index contributed by atoms with van der Waals surface area (Å²) >= 11 is 0. The molecule has 1 aromatic rings. The van der Waals surface area contributed by atoms with Gasteiger partial charge in [0.1, 0.15) is 12.4 Å². The average Bonchev–Trinajstić information content (AvgIpc) is 3.08. The summed E-state index contributed by atoms with van der Waals surface area (Å²) in [6, 6.07) is 0. The van der Waals surface area contributed by atoms with Crippen LogP contribution < -0.4 is 4.57 Å². The number of hydrogen-bond acceptors (Lipinski definition) is 0. The lowest BCUT2D eigenvalue weighted by Gasteiger charge is -2.06. The number of imidazole rings is 1. The van der Waals surface area contributed by atoms with E-state index in [1.165, 1.54) is 129 Å². The molecule has 164 valence electrons. The van der Waals surface area contributed by atoms with Gasteiger partial charge in [0.05, 0.1) is 13.1 Å². The van der Waals surface area contributed by atoms with E-state index in [9.17, 15) is 0 Å². The standard InChI is InChI=1S/C26H51N2/c1-4-7-10-13-14-17-20-23-28-25-24-27(22-19-16-12-9-6-3)26(28)21-18-15-11-8-5-2/h24-25H,4-23H2,1-3H3/q+1. The minimum atomic E-state index is 1.22. The van der Waals surface area contributed by atoms with Crippen molar-refractivity contribution in [3.8, 4) is 0 Å². The van der Waals surface area contributed by atoms with E-state index in [1.54, 1.807) is 5.82 Å². The molecule has 0 amide bonds. The first-order valence-electron chi connectivity index (χ1n) is 12.9. The van der Waals surface area contributed by atoms with Crippen LogP contribution in [0.2, 0.25) is 0 Å². The van der Waals surface area contributed by atoms with Crippen LogP contribution >= 0.6 is 0 Å². The molecule has 0 fully saturated rings. The van der Waals surface area contributed by atoms with Crippen molar-refractivity contribution < 1.29 is 4.57 Å². The van der Waals surface area contributed by atoms with Gasteiger partial charge >= 0.3 is 0 Å². The predicted octanol–water partition coefficient (Wildman–Crippen LogP) is 8.01. The molecule has 0 saturated heterocycles. The Labute approximate surface area is 177 Å². The topological polar surface area (TPSA) is 8.81 Å². The van der Waals surface area contributed by atoms with Gasteiger partial charge in [-0.3, -0.25) is 0 Å². The van der Waals surface area contributed by atoms with Gasteiger partial charge in [0, 0.05) is 6.42 Å². The van der Waals surface area contributed by atoms with E-state index in [0.29, 0.717) is 0 Å². The average molecular weight is 392 g/mol. The van der Waals surface area contributed by atoms with Crippen LogP contribution in [0.25, 0.3) is 0 Å². The fourth-order valence-corrected chi connectivity index (χ4v) is 4.20. The lowest BCUT2D eigenvalue weighted by molar-refractivity contribution is -0.704. The molecule has 0 unspecified atom stereocenters. The summed E-state index contributed by atoms with van der Waals surface area (Å²) in [4.78, 5) is 0. The third kappa shape index (κ3) is 11.9. The van der Waals surface area contributed by atoms with Crippen molar-refractivity contribution in [1.82, 2.24) is 4.57 Å². The Hall–Kier alpha value is -0.790. The molecule has 0 radical (unpaired) electrons. The van der Waals surface area contributed by atoms with Gasteiger partial charge in [-0.15, -0.1) is 0 Å². The highest BCUT2D eigenvalue weighted by atomic mass is 15.1. The SMILES string of the molecule is CCCCCCCCCn1cc[n+](CCCCCCC)c1CCCCCCC. The minimum Gasteiger partial charge on any atom is -0.234 e. The van der Waals surface area contributed by atoms with Crippen molar-refractivity contribution in [3.63, 3.8) is 0 Å². The molecule has 0 saturated carbocycles. The first-order chi connectivity index (χ1) is 13.8. The molecular weight excluding hydrogens is 340 g/mol. The molecule has 0 aliphatic carbocycles. The summed E-state index contributed by atoms with van der Waals surface area (Å²) in [7, 11) is 0. The van der Waals surface area contributed by atoms with Gasteiger partial charge in [-0.1, -0.05) is 97.8 Å². The van der Waals surface area contributed by atoms with Crippen molar-refractivity contribution >= 4 is 0 Å². The number of hydrogen-bond donors (Lipinski definition) is 0. The molecule has 28 heavy (non-hydrogen) atoms. The van der Waals surface area contributed by atoms with Crippen LogP contribution in [-0.2, 0) is 19.5 Å². The number of rotatable bonds is 20. The molecule has 2 heteroatoms. The fourth-order valence-electron chi connectivity index (χ4n) is 4.20. The molecule has 1 heterocycles. The number of aromatic nitrogens is 2. The van der Waals surface area contributed by atoms with Crippen LogP contribution in [0.1, 0.15) is 136 Å². The summed E-state index contributed by atoms with van der Waals surface area (Å²) in [6.07, 6.45) is 29.6. The zero-order chi connectivity index (χ0) is 20.3. The summed E-state index contributed by atoms with van der Waals surface area (Å²) in [5.41, 5.74) is 0. The highest BCUT2D eigenvalue weighted by Crippen LogP contribution is 2.11. The Balaban J connectivity index is 2.43.